The average molecular weight is 680 g/mol. The Morgan fingerprint density at radius 1 is 1.08 bits per heavy atom. The van der Waals surface area contributed by atoms with Gasteiger partial charge in [-0.1, -0.05) is 50.3 Å². The van der Waals surface area contributed by atoms with Gasteiger partial charge in [0.05, 0.1) is 31.3 Å². The lowest BCUT2D eigenvalue weighted by atomic mass is 9.85. The quantitative estimate of drug-likeness (QED) is 0.264. The third-order valence-electron chi connectivity index (χ3n) is 10.1. The number of nitrogens with zero attached hydrogens (tertiary/aromatic N) is 2. The van der Waals surface area contributed by atoms with Crippen molar-refractivity contribution in [2.75, 3.05) is 46.9 Å². The van der Waals surface area contributed by atoms with Gasteiger partial charge in [-0.25, -0.2) is 0 Å². The van der Waals surface area contributed by atoms with Crippen molar-refractivity contribution in [3.8, 4) is 5.75 Å². The Morgan fingerprint density at radius 3 is 2.33 bits per heavy atom. The number of methoxy groups -OCH3 is 1. The Bertz CT molecular complexity index is 1460. The monoisotopic (exact) mass is 679 g/mol. The molecule has 0 bridgehead atoms. The fraction of sp³-hybridized carbons (Fsp3) is 0.590. The molecule has 0 aromatic heterocycles. The summed E-state index contributed by atoms with van der Waals surface area (Å²) >= 11 is 0. The van der Waals surface area contributed by atoms with Crippen molar-refractivity contribution in [3.63, 3.8) is 0 Å². The molecule has 2 fully saturated rings. The highest BCUT2D eigenvalue weighted by atomic mass is 16.5. The first-order valence-electron chi connectivity index (χ1n) is 17.5. The van der Waals surface area contributed by atoms with E-state index in [0.717, 1.165) is 41.8 Å². The zero-order chi connectivity index (χ0) is 36.1. The topological polar surface area (TPSA) is 132 Å². The summed E-state index contributed by atoms with van der Waals surface area (Å²) in [6.45, 7) is 14.2. The van der Waals surface area contributed by atoms with Gasteiger partial charge in [-0.2, -0.15) is 0 Å². The molecule has 5 atom stereocenters. The molecule has 4 rings (SSSR count). The maximum absolute atomic E-state index is 13.4. The molecule has 270 valence electrons. The molecule has 2 aliphatic heterocycles. The van der Waals surface area contributed by atoms with E-state index in [1.165, 1.54) is 0 Å². The molecule has 1 unspecified atom stereocenters. The van der Waals surface area contributed by atoms with Gasteiger partial charge >= 0.3 is 0 Å². The number of carbonyl (C=O) groups excluding carboxylic acids is 2. The van der Waals surface area contributed by atoms with Crippen LogP contribution in [0.15, 0.2) is 42.5 Å². The van der Waals surface area contributed by atoms with E-state index >= 15 is 0 Å². The van der Waals surface area contributed by atoms with Crippen LogP contribution in [0.4, 0.5) is 0 Å². The van der Waals surface area contributed by atoms with Gasteiger partial charge in [0, 0.05) is 38.2 Å². The second-order valence-electron chi connectivity index (χ2n) is 14.9. The molecule has 2 aromatic carbocycles. The van der Waals surface area contributed by atoms with Crippen molar-refractivity contribution in [2.45, 2.75) is 96.7 Å². The lowest BCUT2D eigenvalue weighted by molar-refractivity contribution is -0.180. The van der Waals surface area contributed by atoms with Gasteiger partial charge < -0.3 is 39.9 Å². The molecule has 2 aromatic rings. The standard InChI is InChI=1S/C39H57N3O7/c1-9-25(2)30-23-33(48-8)31(35-34(45)32(44)22-29(24-43)49-35)21-28(30)20-27-12-10-26(11-13-27)14-15-38(3,4)36(46)40-39(5,6)37(47)42-18-16-41(7)17-19-42/h10-15,21,23,25,29,32,34-35,43-45H,9,16-20,22,24H2,1-8H3,(H,40,46)/b15-14+/t25?,29-,32-,34+,35-/m0/s1. The van der Waals surface area contributed by atoms with Crippen LogP contribution in [0.25, 0.3) is 6.08 Å². The van der Waals surface area contributed by atoms with Crippen molar-refractivity contribution >= 4 is 17.9 Å². The van der Waals surface area contributed by atoms with Crippen LogP contribution in [0.2, 0.25) is 0 Å². The third kappa shape index (κ3) is 9.29. The summed E-state index contributed by atoms with van der Waals surface area (Å²) in [6, 6.07) is 12.2. The highest BCUT2D eigenvalue weighted by Gasteiger charge is 2.40. The van der Waals surface area contributed by atoms with Gasteiger partial charge in [0.1, 0.15) is 23.5 Å². The van der Waals surface area contributed by atoms with Crippen LogP contribution in [-0.2, 0) is 20.7 Å². The molecule has 2 heterocycles. The van der Waals surface area contributed by atoms with Crippen LogP contribution in [-0.4, -0.2) is 108 Å². The highest BCUT2D eigenvalue weighted by Crippen LogP contribution is 2.40. The largest absolute Gasteiger partial charge is 0.496 e. The number of ether oxygens (including phenoxy) is 2. The second-order valence-corrected chi connectivity index (χ2v) is 14.9. The van der Waals surface area contributed by atoms with Crippen molar-refractivity contribution in [1.29, 1.82) is 0 Å². The van der Waals surface area contributed by atoms with Gasteiger partial charge in [0.2, 0.25) is 11.8 Å². The Morgan fingerprint density at radius 2 is 1.73 bits per heavy atom. The number of piperazine rings is 1. The molecule has 0 saturated carbocycles. The van der Waals surface area contributed by atoms with E-state index in [9.17, 15) is 24.9 Å². The van der Waals surface area contributed by atoms with Crippen LogP contribution >= 0.6 is 0 Å². The zero-order valence-electron chi connectivity index (χ0n) is 30.5. The fourth-order valence-corrected chi connectivity index (χ4v) is 6.47. The van der Waals surface area contributed by atoms with Crippen LogP contribution in [0.5, 0.6) is 5.75 Å². The van der Waals surface area contributed by atoms with Crippen molar-refractivity contribution in [3.05, 3.63) is 70.3 Å². The summed E-state index contributed by atoms with van der Waals surface area (Å²) in [5, 5.41) is 34.1. The van der Waals surface area contributed by atoms with E-state index in [0.29, 0.717) is 30.8 Å². The number of benzene rings is 2. The van der Waals surface area contributed by atoms with Crippen LogP contribution < -0.4 is 10.1 Å². The Kier molecular flexibility index (Phi) is 12.7. The SMILES string of the molecule is CCC(C)c1cc(OC)c([C@@H]2O[C@H](CO)C[C@H](O)[C@H]2O)cc1Cc1ccc(/C=C/C(C)(C)C(=O)NC(C)(C)C(=O)N2CCN(C)CC2)cc1. The number of hydrogen-bond acceptors (Lipinski definition) is 8. The van der Waals surface area contributed by atoms with E-state index < -0.39 is 35.4 Å². The fourth-order valence-electron chi connectivity index (χ4n) is 6.47. The van der Waals surface area contributed by atoms with E-state index in [4.69, 9.17) is 9.47 Å². The smallest absolute Gasteiger partial charge is 0.247 e. The van der Waals surface area contributed by atoms with E-state index in [1.54, 1.807) is 21.0 Å². The highest BCUT2D eigenvalue weighted by molar-refractivity contribution is 5.93. The average Bonchev–Trinajstić information content (AvgIpc) is 3.08. The van der Waals surface area contributed by atoms with Gasteiger partial charge in [-0.05, 0) is 87.9 Å². The van der Waals surface area contributed by atoms with Crippen molar-refractivity contribution in [1.82, 2.24) is 15.1 Å². The van der Waals surface area contributed by atoms with Gasteiger partial charge in [-0.3, -0.25) is 9.59 Å². The molecular formula is C39H57N3O7. The lowest BCUT2D eigenvalue weighted by Crippen LogP contribution is -2.60. The summed E-state index contributed by atoms with van der Waals surface area (Å²) in [5.74, 6) is 0.543. The molecule has 49 heavy (non-hydrogen) atoms. The molecule has 10 heteroatoms. The summed E-state index contributed by atoms with van der Waals surface area (Å²) in [4.78, 5) is 30.6. The first-order chi connectivity index (χ1) is 23.1. The summed E-state index contributed by atoms with van der Waals surface area (Å²) in [5.41, 5.74) is 3.00. The van der Waals surface area contributed by atoms with E-state index in [2.05, 4.69) is 36.2 Å². The van der Waals surface area contributed by atoms with E-state index in [1.807, 2.05) is 62.2 Å². The summed E-state index contributed by atoms with van der Waals surface area (Å²) in [7, 11) is 3.62. The minimum Gasteiger partial charge on any atom is -0.496 e. The van der Waals surface area contributed by atoms with Crippen LogP contribution in [0.3, 0.4) is 0 Å². The molecule has 0 aliphatic carbocycles. The molecule has 2 amide bonds. The molecule has 2 aliphatic rings. The predicted molar refractivity (Wildman–Crippen MR) is 191 cm³/mol. The number of carbonyl (C=O) groups is 2. The number of hydrogen-bond donors (Lipinski definition) is 4. The second kappa shape index (κ2) is 16.2. The predicted octanol–water partition coefficient (Wildman–Crippen LogP) is 4.05. The Labute approximate surface area is 292 Å². The Balaban J connectivity index is 1.50. The molecule has 0 radical (unpaired) electrons. The molecule has 10 nitrogen and oxygen atoms in total. The number of likely N-dealkylation sites (N-methyl/N-ethyl adjacent to an activating group) is 1. The van der Waals surface area contributed by atoms with Crippen LogP contribution in [0.1, 0.15) is 94.2 Å². The number of aliphatic hydroxyl groups is 3. The number of rotatable bonds is 12. The normalized spacial score (nSPS) is 23.0. The first kappa shape index (κ1) is 38.5. The van der Waals surface area contributed by atoms with Gasteiger partial charge in [-0.15, -0.1) is 0 Å². The maximum Gasteiger partial charge on any atom is 0.247 e. The molecule has 2 saturated heterocycles. The first-order valence-corrected chi connectivity index (χ1v) is 17.5. The van der Waals surface area contributed by atoms with Crippen LogP contribution in [0, 0.1) is 5.41 Å². The van der Waals surface area contributed by atoms with Crippen molar-refractivity contribution in [2.24, 2.45) is 5.41 Å². The van der Waals surface area contributed by atoms with Crippen molar-refractivity contribution < 1.29 is 34.4 Å². The van der Waals surface area contributed by atoms with Gasteiger partial charge in [0.25, 0.3) is 0 Å². The number of amides is 2. The van der Waals surface area contributed by atoms with Gasteiger partial charge in [0.15, 0.2) is 0 Å². The number of aliphatic hydroxyl groups excluding tert-OH is 3. The molecule has 0 spiro atoms. The summed E-state index contributed by atoms with van der Waals surface area (Å²) in [6.07, 6.45) is 1.91. The molecular weight excluding hydrogens is 622 g/mol. The minimum absolute atomic E-state index is 0.0702. The molecule has 4 N–H and O–H groups in total. The lowest BCUT2D eigenvalue weighted by Gasteiger charge is -2.38. The third-order valence-corrected chi connectivity index (χ3v) is 10.1. The number of nitrogens with one attached hydrogen (secondary N) is 1. The van der Waals surface area contributed by atoms with E-state index in [-0.39, 0.29) is 30.8 Å². The minimum atomic E-state index is -1.15. The maximum atomic E-state index is 13.4. The zero-order valence-corrected chi connectivity index (χ0v) is 30.5. The summed E-state index contributed by atoms with van der Waals surface area (Å²) < 4.78 is 11.8. The Hall–Kier alpha value is -3.28.